The number of hydrogen-bond donors (Lipinski definition) is 1. The second-order valence-electron chi connectivity index (χ2n) is 12.2. The zero-order chi connectivity index (χ0) is 33.3. The highest BCUT2D eigenvalue weighted by molar-refractivity contribution is 7.92. The number of carbonyl (C=O) groups excluding carboxylic acids is 2. The molecule has 46 heavy (non-hydrogen) atoms. The monoisotopic (exact) mass is 641 g/mol. The molecule has 0 unspecified atom stereocenters. The standard InChI is InChI=1S/C37H43N3O5S/c1-6-45-34-20-14-13-19-32(34)40(46(43,44)31-23-21-28(2)22-24-31)27-35(41)39(26-30-17-11-8-12-18-30)33(36(42)38-37(3,4)5)25-29-15-9-7-10-16-29/h7-24,33H,6,25-27H2,1-5H3,(H,38,42)/t33-/m1/s1. The number of carbonyl (C=O) groups is 2. The van der Waals surface area contributed by atoms with Crippen molar-refractivity contribution in [2.24, 2.45) is 0 Å². The maximum Gasteiger partial charge on any atom is 0.264 e. The van der Waals surface area contributed by atoms with Crippen molar-refractivity contribution in [1.29, 1.82) is 0 Å². The summed E-state index contributed by atoms with van der Waals surface area (Å²) in [4.78, 5) is 30.2. The van der Waals surface area contributed by atoms with Crippen LogP contribution < -0.4 is 14.4 Å². The predicted octanol–water partition coefficient (Wildman–Crippen LogP) is 6.14. The smallest absolute Gasteiger partial charge is 0.264 e. The van der Waals surface area contributed by atoms with Crippen molar-refractivity contribution in [3.05, 3.63) is 126 Å². The second-order valence-corrected chi connectivity index (χ2v) is 14.0. The van der Waals surface area contributed by atoms with Gasteiger partial charge in [-0.3, -0.25) is 13.9 Å². The van der Waals surface area contributed by atoms with Gasteiger partial charge >= 0.3 is 0 Å². The van der Waals surface area contributed by atoms with E-state index in [0.29, 0.717) is 12.4 Å². The summed E-state index contributed by atoms with van der Waals surface area (Å²) < 4.78 is 35.6. The van der Waals surface area contributed by atoms with Crippen molar-refractivity contribution in [2.75, 3.05) is 17.5 Å². The van der Waals surface area contributed by atoms with Gasteiger partial charge < -0.3 is 15.0 Å². The van der Waals surface area contributed by atoms with E-state index in [4.69, 9.17) is 4.74 Å². The van der Waals surface area contributed by atoms with Crippen LogP contribution in [0.5, 0.6) is 5.75 Å². The minimum absolute atomic E-state index is 0.0399. The van der Waals surface area contributed by atoms with E-state index in [1.165, 1.54) is 17.0 Å². The van der Waals surface area contributed by atoms with Gasteiger partial charge in [0, 0.05) is 18.5 Å². The van der Waals surface area contributed by atoms with Crippen LogP contribution in [0.4, 0.5) is 5.69 Å². The summed E-state index contributed by atoms with van der Waals surface area (Å²) in [6.07, 6.45) is 0.238. The van der Waals surface area contributed by atoms with E-state index in [1.807, 2.05) is 95.3 Å². The fourth-order valence-electron chi connectivity index (χ4n) is 5.08. The highest BCUT2D eigenvalue weighted by Crippen LogP contribution is 2.33. The van der Waals surface area contributed by atoms with E-state index in [-0.39, 0.29) is 29.5 Å². The molecule has 4 rings (SSSR count). The summed E-state index contributed by atoms with van der Waals surface area (Å²) in [7, 11) is -4.24. The third-order valence-corrected chi connectivity index (χ3v) is 9.06. The molecule has 0 fully saturated rings. The van der Waals surface area contributed by atoms with Crippen molar-refractivity contribution in [3.63, 3.8) is 0 Å². The van der Waals surface area contributed by atoms with Crippen LogP contribution in [0.3, 0.4) is 0 Å². The van der Waals surface area contributed by atoms with E-state index in [1.54, 1.807) is 36.4 Å². The number of benzene rings is 4. The van der Waals surface area contributed by atoms with Crippen molar-refractivity contribution in [1.82, 2.24) is 10.2 Å². The number of aryl methyl sites for hydroxylation is 1. The molecule has 0 heterocycles. The molecule has 0 spiro atoms. The molecule has 0 radical (unpaired) electrons. The first-order valence-corrected chi connectivity index (χ1v) is 16.8. The Morgan fingerprint density at radius 2 is 1.37 bits per heavy atom. The molecular formula is C37H43N3O5S. The number of hydrogen-bond acceptors (Lipinski definition) is 5. The van der Waals surface area contributed by atoms with Crippen molar-refractivity contribution in [3.8, 4) is 5.75 Å². The van der Waals surface area contributed by atoms with Gasteiger partial charge in [-0.15, -0.1) is 0 Å². The third kappa shape index (κ3) is 8.97. The van der Waals surface area contributed by atoms with Gasteiger partial charge in [0.15, 0.2) is 0 Å². The SMILES string of the molecule is CCOc1ccccc1N(CC(=O)N(Cc1ccccc1)[C@H](Cc1ccccc1)C(=O)NC(C)(C)C)S(=O)(=O)c1ccc(C)cc1. The minimum Gasteiger partial charge on any atom is -0.492 e. The van der Waals surface area contributed by atoms with Crippen LogP contribution in [0, 0.1) is 6.92 Å². The quantitative estimate of drug-likeness (QED) is 0.189. The zero-order valence-electron chi connectivity index (χ0n) is 27.1. The molecule has 8 nitrogen and oxygen atoms in total. The number of nitrogens with one attached hydrogen (secondary N) is 1. The molecule has 1 N–H and O–H groups in total. The third-order valence-electron chi connectivity index (χ3n) is 7.29. The molecule has 2 amide bonds. The Bertz CT molecular complexity index is 1700. The Hall–Kier alpha value is -4.63. The van der Waals surface area contributed by atoms with Gasteiger partial charge in [-0.25, -0.2) is 8.42 Å². The van der Waals surface area contributed by atoms with Crippen molar-refractivity contribution in [2.45, 2.75) is 64.1 Å². The topological polar surface area (TPSA) is 96.0 Å². The van der Waals surface area contributed by atoms with E-state index in [9.17, 15) is 18.0 Å². The number of nitrogens with zero attached hydrogens (tertiary/aromatic N) is 2. The minimum atomic E-state index is -4.24. The molecule has 1 atom stereocenters. The van der Waals surface area contributed by atoms with Gasteiger partial charge in [0.05, 0.1) is 17.2 Å². The van der Waals surface area contributed by atoms with Crippen molar-refractivity contribution >= 4 is 27.5 Å². The lowest BCUT2D eigenvalue weighted by Crippen LogP contribution is -2.56. The number of para-hydroxylation sites is 2. The van der Waals surface area contributed by atoms with Crippen LogP contribution in [0.2, 0.25) is 0 Å². The number of anilines is 1. The summed E-state index contributed by atoms with van der Waals surface area (Å²) >= 11 is 0. The van der Waals surface area contributed by atoms with Gasteiger partial charge in [0.1, 0.15) is 18.3 Å². The van der Waals surface area contributed by atoms with Gasteiger partial charge in [-0.05, 0) is 70.0 Å². The fraction of sp³-hybridized carbons (Fsp3) is 0.297. The van der Waals surface area contributed by atoms with Crippen molar-refractivity contribution < 1.29 is 22.7 Å². The Kier molecular flexibility index (Phi) is 11.2. The molecule has 0 aliphatic rings. The lowest BCUT2D eigenvalue weighted by atomic mass is 10.0. The predicted molar refractivity (Wildman–Crippen MR) is 182 cm³/mol. The van der Waals surface area contributed by atoms with Crippen LogP contribution in [0.25, 0.3) is 0 Å². The van der Waals surface area contributed by atoms with Gasteiger partial charge in [0.25, 0.3) is 10.0 Å². The number of sulfonamides is 1. The first-order valence-electron chi connectivity index (χ1n) is 15.4. The van der Waals surface area contributed by atoms with Crippen LogP contribution in [-0.2, 0) is 32.6 Å². The molecule has 9 heteroatoms. The number of ether oxygens (including phenoxy) is 1. The fourth-order valence-corrected chi connectivity index (χ4v) is 6.50. The van der Waals surface area contributed by atoms with Crippen LogP contribution in [0.1, 0.15) is 44.4 Å². The van der Waals surface area contributed by atoms with E-state index >= 15 is 0 Å². The van der Waals surface area contributed by atoms with E-state index in [0.717, 1.165) is 21.0 Å². The molecule has 0 bridgehead atoms. The molecule has 4 aromatic rings. The Morgan fingerprint density at radius 1 is 0.804 bits per heavy atom. The average molecular weight is 642 g/mol. The first-order chi connectivity index (χ1) is 21.9. The maximum atomic E-state index is 14.6. The molecule has 0 aliphatic carbocycles. The molecule has 0 aromatic heterocycles. The molecule has 0 saturated carbocycles. The summed E-state index contributed by atoms with van der Waals surface area (Å²) in [6.45, 7) is 9.18. The lowest BCUT2D eigenvalue weighted by molar-refractivity contribution is -0.140. The Labute approximate surface area is 273 Å². The summed E-state index contributed by atoms with van der Waals surface area (Å²) in [5, 5.41) is 3.05. The largest absolute Gasteiger partial charge is 0.492 e. The van der Waals surface area contributed by atoms with Gasteiger partial charge in [0.2, 0.25) is 11.8 Å². The molecule has 0 aliphatic heterocycles. The average Bonchev–Trinajstić information content (AvgIpc) is 3.02. The first kappa shape index (κ1) is 34.2. The van der Waals surface area contributed by atoms with Crippen LogP contribution >= 0.6 is 0 Å². The number of amides is 2. The maximum absolute atomic E-state index is 14.6. The van der Waals surface area contributed by atoms with E-state index in [2.05, 4.69) is 5.32 Å². The summed E-state index contributed by atoms with van der Waals surface area (Å²) in [5.41, 5.74) is 2.24. The summed E-state index contributed by atoms with van der Waals surface area (Å²) in [5.74, 6) is -0.534. The molecular weight excluding hydrogens is 598 g/mol. The molecule has 4 aromatic carbocycles. The second kappa shape index (κ2) is 15.1. The van der Waals surface area contributed by atoms with Crippen LogP contribution in [0.15, 0.2) is 114 Å². The lowest BCUT2D eigenvalue weighted by Gasteiger charge is -2.35. The highest BCUT2D eigenvalue weighted by Gasteiger charge is 2.36. The zero-order valence-corrected chi connectivity index (χ0v) is 28.0. The van der Waals surface area contributed by atoms with Gasteiger partial charge in [-0.1, -0.05) is 90.5 Å². The summed E-state index contributed by atoms with van der Waals surface area (Å²) in [6, 6.07) is 31.2. The molecule has 242 valence electrons. The Balaban J connectivity index is 1.84. The number of rotatable bonds is 13. The molecule has 0 saturated heterocycles. The van der Waals surface area contributed by atoms with Gasteiger partial charge in [-0.2, -0.15) is 0 Å². The highest BCUT2D eigenvalue weighted by atomic mass is 32.2. The normalized spacial score (nSPS) is 12.2. The van der Waals surface area contributed by atoms with E-state index < -0.39 is 34.1 Å². The Morgan fingerprint density at radius 3 is 1.96 bits per heavy atom. The van der Waals surface area contributed by atoms with Crippen LogP contribution in [-0.4, -0.2) is 49.9 Å².